The standard InChI is InChI=1S/C11H17N3O.ClH/c1-2-10(6-7-10)9-13-8(14-15-9)11(12)4-3-5-11;/h2-7,12H2,1H3;1H. The first-order valence-electron chi connectivity index (χ1n) is 5.82. The largest absolute Gasteiger partial charge is 0.339 e. The Morgan fingerprint density at radius 2 is 2.00 bits per heavy atom. The third-order valence-electron chi connectivity index (χ3n) is 4.10. The number of hydrogen-bond donors (Lipinski definition) is 1. The second kappa shape index (κ2) is 3.70. The summed E-state index contributed by atoms with van der Waals surface area (Å²) in [5.74, 6) is 1.54. The van der Waals surface area contributed by atoms with Gasteiger partial charge in [-0.05, 0) is 38.5 Å². The van der Waals surface area contributed by atoms with Gasteiger partial charge in [-0.3, -0.25) is 0 Å². The summed E-state index contributed by atoms with van der Waals surface area (Å²) in [6.07, 6.45) is 6.62. The minimum absolute atomic E-state index is 0. The van der Waals surface area contributed by atoms with Crippen LogP contribution < -0.4 is 5.73 Å². The van der Waals surface area contributed by atoms with E-state index in [-0.39, 0.29) is 23.4 Å². The van der Waals surface area contributed by atoms with E-state index in [1.54, 1.807) is 0 Å². The Morgan fingerprint density at radius 3 is 2.44 bits per heavy atom. The highest BCUT2D eigenvalue weighted by molar-refractivity contribution is 5.85. The smallest absolute Gasteiger partial charge is 0.232 e. The first kappa shape index (κ1) is 11.9. The fraction of sp³-hybridized carbons (Fsp3) is 0.818. The van der Waals surface area contributed by atoms with Crippen molar-refractivity contribution in [1.29, 1.82) is 0 Å². The molecule has 0 spiro atoms. The van der Waals surface area contributed by atoms with Gasteiger partial charge in [-0.25, -0.2) is 0 Å². The van der Waals surface area contributed by atoms with E-state index in [0.29, 0.717) is 0 Å². The van der Waals surface area contributed by atoms with Crippen LogP contribution in [-0.4, -0.2) is 10.1 Å². The molecule has 16 heavy (non-hydrogen) atoms. The molecule has 2 N–H and O–H groups in total. The minimum atomic E-state index is -0.286. The predicted molar refractivity (Wildman–Crippen MR) is 62.5 cm³/mol. The van der Waals surface area contributed by atoms with Gasteiger partial charge in [0.25, 0.3) is 0 Å². The van der Waals surface area contributed by atoms with Crippen LogP contribution in [0.3, 0.4) is 0 Å². The van der Waals surface area contributed by atoms with Crippen molar-refractivity contribution in [3.8, 4) is 0 Å². The molecule has 2 aliphatic carbocycles. The first-order chi connectivity index (χ1) is 7.19. The maximum atomic E-state index is 6.16. The van der Waals surface area contributed by atoms with E-state index in [9.17, 15) is 0 Å². The molecule has 0 saturated heterocycles. The highest BCUT2D eigenvalue weighted by atomic mass is 35.5. The normalized spacial score (nSPS) is 24.4. The van der Waals surface area contributed by atoms with Crippen LogP contribution in [0.15, 0.2) is 4.52 Å². The quantitative estimate of drug-likeness (QED) is 0.885. The molecule has 0 atom stereocenters. The maximum absolute atomic E-state index is 6.16. The van der Waals surface area contributed by atoms with Gasteiger partial charge >= 0.3 is 0 Å². The zero-order chi connectivity index (χ0) is 10.5. The summed E-state index contributed by atoms with van der Waals surface area (Å²) in [5, 5.41) is 4.05. The Bertz CT molecular complexity index is 363. The third kappa shape index (κ3) is 1.55. The van der Waals surface area contributed by atoms with Crippen molar-refractivity contribution in [2.75, 3.05) is 0 Å². The van der Waals surface area contributed by atoms with Crippen LogP contribution in [0.25, 0.3) is 0 Å². The van der Waals surface area contributed by atoms with E-state index in [4.69, 9.17) is 10.3 Å². The van der Waals surface area contributed by atoms with Gasteiger partial charge in [0.15, 0.2) is 5.82 Å². The Hall–Kier alpha value is -0.610. The molecular formula is C11H18ClN3O. The molecule has 2 aliphatic rings. The van der Waals surface area contributed by atoms with Gasteiger partial charge < -0.3 is 10.3 Å². The Balaban J connectivity index is 0.000000963. The van der Waals surface area contributed by atoms with Gasteiger partial charge in [0.05, 0.1) is 5.54 Å². The summed E-state index contributed by atoms with van der Waals surface area (Å²) >= 11 is 0. The van der Waals surface area contributed by atoms with Crippen LogP contribution in [0.2, 0.25) is 0 Å². The summed E-state index contributed by atoms with van der Waals surface area (Å²) in [5.41, 5.74) is 6.07. The summed E-state index contributed by atoms with van der Waals surface area (Å²) in [6.45, 7) is 2.18. The van der Waals surface area contributed by atoms with Crippen LogP contribution in [0, 0.1) is 0 Å². The van der Waals surface area contributed by atoms with E-state index >= 15 is 0 Å². The van der Waals surface area contributed by atoms with Gasteiger partial charge in [0.2, 0.25) is 5.89 Å². The average molecular weight is 244 g/mol. The van der Waals surface area contributed by atoms with Crippen LogP contribution >= 0.6 is 12.4 Å². The van der Waals surface area contributed by atoms with Crippen LogP contribution in [0.4, 0.5) is 0 Å². The van der Waals surface area contributed by atoms with E-state index in [1.807, 2.05) is 0 Å². The fourth-order valence-corrected chi connectivity index (χ4v) is 2.29. The summed E-state index contributed by atoms with van der Waals surface area (Å²) in [4.78, 5) is 4.51. The van der Waals surface area contributed by atoms with Crippen molar-refractivity contribution in [2.45, 2.75) is 56.4 Å². The first-order valence-corrected chi connectivity index (χ1v) is 5.82. The summed E-state index contributed by atoms with van der Waals surface area (Å²) in [6, 6.07) is 0. The van der Waals surface area contributed by atoms with Crippen molar-refractivity contribution in [3.63, 3.8) is 0 Å². The molecule has 0 unspecified atom stereocenters. The van der Waals surface area contributed by atoms with Crippen molar-refractivity contribution in [1.82, 2.24) is 10.1 Å². The second-order valence-corrected chi connectivity index (χ2v) is 5.07. The molecule has 4 nitrogen and oxygen atoms in total. The lowest BCUT2D eigenvalue weighted by atomic mass is 9.77. The molecule has 3 rings (SSSR count). The van der Waals surface area contributed by atoms with Gasteiger partial charge in [0.1, 0.15) is 0 Å². The topological polar surface area (TPSA) is 64.9 Å². The molecule has 1 heterocycles. The van der Waals surface area contributed by atoms with E-state index < -0.39 is 0 Å². The molecule has 2 fully saturated rings. The van der Waals surface area contributed by atoms with E-state index in [2.05, 4.69) is 17.1 Å². The molecule has 1 aromatic rings. The lowest BCUT2D eigenvalue weighted by molar-refractivity contribution is 0.228. The van der Waals surface area contributed by atoms with Gasteiger partial charge in [-0.2, -0.15) is 4.98 Å². The number of aromatic nitrogens is 2. The van der Waals surface area contributed by atoms with E-state index in [1.165, 1.54) is 19.3 Å². The van der Waals surface area contributed by atoms with Gasteiger partial charge in [-0.15, -0.1) is 12.4 Å². The van der Waals surface area contributed by atoms with Gasteiger partial charge in [0, 0.05) is 5.41 Å². The lowest BCUT2D eigenvalue weighted by Crippen LogP contribution is -2.44. The summed E-state index contributed by atoms with van der Waals surface area (Å²) in [7, 11) is 0. The highest BCUT2D eigenvalue weighted by Crippen LogP contribution is 2.50. The molecular weight excluding hydrogens is 226 g/mol. The highest BCUT2D eigenvalue weighted by Gasteiger charge is 2.49. The molecule has 90 valence electrons. The SMILES string of the molecule is CCC1(c2nc(C3(N)CCC3)no2)CC1.Cl. The van der Waals surface area contributed by atoms with Crippen LogP contribution in [0.5, 0.6) is 0 Å². The predicted octanol–water partition coefficient (Wildman–Crippen LogP) is 2.27. The number of halogens is 1. The number of nitrogens with zero attached hydrogens (tertiary/aromatic N) is 2. The average Bonchev–Trinajstić information content (AvgIpc) is 2.85. The molecule has 0 aliphatic heterocycles. The molecule has 0 bridgehead atoms. The van der Waals surface area contributed by atoms with Crippen LogP contribution in [0.1, 0.15) is 57.2 Å². The maximum Gasteiger partial charge on any atom is 0.232 e. The number of nitrogens with two attached hydrogens (primary N) is 1. The van der Waals surface area contributed by atoms with Gasteiger partial charge in [-0.1, -0.05) is 12.1 Å². The molecule has 0 amide bonds. The van der Waals surface area contributed by atoms with Crippen LogP contribution in [-0.2, 0) is 11.0 Å². The monoisotopic (exact) mass is 243 g/mol. The number of rotatable bonds is 3. The zero-order valence-corrected chi connectivity index (χ0v) is 10.3. The lowest BCUT2D eigenvalue weighted by Gasteiger charge is -2.34. The van der Waals surface area contributed by atoms with E-state index in [0.717, 1.165) is 31.0 Å². The second-order valence-electron chi connectivity index (χ2n) is 5.07. The number of hydrogen-bond acceptors (Lipinski definition) is 4. The molecule has 0 radical (unpaired) electrons. The Labute approximate surface area is 101 Å². The van der Waals surface area contributed by atoms with Crippen molar-refractivity contribution in [3.05, 3.63) is 11.7 Å². The molecule has 5 heteroatoms. The minimum Gasteiger partial charge on any atom is -0.339 e. The summed E-state index contributed by atoms with van der Waals surface area (Å²) < 4.78 is 5.36. The third-order valence-corrected chi connectivity index (χ3v) is 4.10. The Morgan fingerprint density at radius 1 is 1.31 bits per heavy atom. The zero-order valence-electron chi connectivity index (χ0n) is 9.53. The van der Waals surface area contributed by atoms with Crippen molar-refractivity contribution < 1.29 is 4.52 Å². The Kier molecular flexibility index (Phi) is 2.75. The van der Waals surface area contributed by atoms with Crippen molar-refractivity contribution in [2.24, 2.45) is 5.73 Å². The van der Waals surface area contributed by atoms with Crippen molar-refractivity contribution >= 4 is 12.4 Å². The molecule has 1 aromatic heterocycles. The fourth-order valence-electron chi connectivity index (χ4n) is 2.29. The molecule has 0 aromatic carbocycles. The molecule has 2 saturated carbocycles.